The summed E-state index contributed by atoms with van der Waals surface area (Å²) in [6, 6.07) is 11.4. The van der Waals surface area contributed by atoms with Crippen LogP contribution >= 0.6 is 0 Å². The second-order valence-corrected chi connectivity index (χ2v) is 6.81. The lowest BCUT2D eigenvalue weighted by Crippen LogP contribution is -2.09. The molecule has 0 bridgehead atoms. The van der Waals surface area contributed by atoms with Crippen LogP contribution in [0.1, 0.15) is 57.4 Å². The highest BCUT2D eigenvalue weighted by Crippen LogP contribution is 2.23. The first kappa shape index (κ1) is 21.3. The number of hydrogen-bond acceptors (Lipinski definition) is 2. The van der Waals surface area contributed by atoms with E-state index in [1.54, 1.807) is 12.1 Å². The Bertz CT molecular complexity index is 651. The van der Waals surface area contributed by atoms with Gasteiger partial charge in [0.25, 0.3) is 0 Å². The first-order valence-corrected chi connectivity index (χ1v) is 9.73. The Morgan fingerprint density at radius 1 is 0.889 bits per heavy atom. The zero-order chi connectivity index (χ0) is 19.5. The molecule has 0 amide bonds. The largest absolute Gasteiger partial charge is 0.494 e. The van der Waals surface area contributed by atoms with E-state index in [1.807, 2.05) is 24.4 Å². The summed E-state index contributed by atoms with van der Waals surface area (Å²) < 4.78 is 41.7. The average molecular weight is 379 g/mol. The van der Waals surface area contributed by atoms with E-state index >= 15 is 0 Å². The van der Waals surface area contributed by atoms with E-state index in [2.05, 4.69) is 18.0 Å². The van der Waals surface area contributed by atoms with E-state index < -0.39 is 12.6 Å². The van der Waals surface area contributed by atoms with Gasteiger partial charge in [-0.2, -0.15) is 13.2 Å². The predicted molar refractivity (Wildman–Crippen MR) is 103 cm³/mol. The number of nitrogens with zero attached hydrogens (tertiary/aromatic N) is 1. The molecule has 27 heavy (non-hydrogen) atoms. The van der Waals surface area contributed by atoms with Crippen LogP contribution in [0.3, 0.4) is 0 Å². The van der Waals surface area contributed by atoms with Gasteiger partial charge < -0.3 is 4.74 Å². The first-order chi connectivity index (χ1) is 13.0. The lowest BCUT2D eigenvalue weighted by molar-refractivity contribution is -0.136. The fraction of sp³-hybridized carbons (Fsp3) is 0.500. The van der Waals surface area contributed by atoms with Gasteiger partial charge in [-0.3, -0.25) is 4.98 Å². The van der Waals surface area contributed by atoms with Gasteiger partial charge >= 0.3 is 6.18 Å². The van der Waals surface area contributed by atoms with Gasteiger partial charge in [0.15, 0.2) is 0 Å². The third-order valence-electron chi connectivity index (χ3n) is 4.42. The van der Waals surface area contributed by atoms with Crippen molar-refractivity contribution in [2.24, 2.45) is 0 Å². The molecule has 0 saturated heterocycles. The molecule has 2 rings (SSSR count). The van der Waals surface area contributed by atoms with Crippen molar-refractivity contribution >= 4 is 0 Å². The van der Waals surface area contributed by atoms with Crippen LogP contribution in [0.2, 0.25) is 0 Å². The molecule has 0 atom stereocenters. The van der Waals surface area contributed by atoms with Crippen molar-refractivity contribution < 1.29 is 17.9 Å². The van der Waals surface area contributed by atoms with Crippen LogP contribution in [0.4, 0.5) is 13.2 Å². The third-order valence-corrected chi connectivity index (χ3v) is 4.42. The van der Waals surface area contributed by atoms with Crippen molar-refractivity contribution in [3.8, 4) is 17.0 Å². The van der Waals surface area contributed by atoms with Crippen LogP contribution in [0.5, 0.6) is 5.75 Å². The molecule has 148 valence electrons. The molecule has 1 aromatic heterocycles. The minimum Gasteiger partial charge on any atom is -0.494 e. The van der Waals surface area contributed by atoms with Crippen molar-refractivity contribution in [1.29, 1.82) is 0 Å². The summed E-state index contributed by atoms with van der Waals surface area (Å²) in [7, 11) is 0. The monoisotopic (exact) mass is 379 g/mol. The van der Waals surface area contributed by atoms with E-state index in [0.717, 1.165) is 17.7 Å². The number of hydrogen-bond donors (Lipinski definition) is 0. The van der Waals surface area contributed by atoms with Crippen molar-refractivity contribution in [2.45, 2.75) is 64.5 Å². The Kier molecular flexibility index (Phi) is 8.62. The van der Waals surface area contributed by atoms with Gasteiger partial charge in [0.05, 0.1) is 12.3 Å². The highest BCUT2D eigenvalue weighted by molar-refractivity contribution is 5.60. The summed E-state index contributed by atoms with van der Waals surface area (Å²) in [4.78, 5) is 4.53. The van der Waals surface area contributed by atoms with Gasteiger partial charge in [-0.15, -0.1) is 0 Å². The predicted octanol–water partition coefficient (Wildman–Crippen LogP) is 6.98. The summed E-state index contributed by atoms with van der Waals surface area (Å²) >= 11 is 0. The minimum atomic E-state index is -4.12. The van der Waals surface area contributed by atoms with Gasteiger partial charge in [-0.25, -0.2) is 0 Å². The van der Waals surface area contributed by atoms with Crippen LogP contribution < -0.4 is 4.74 Å². The van der Waals surface area contributed by atoms with E-state index in [-0.39, 0.29) is 13.0 Å². The van der Waals surface area contributed by atoms with Crippen LogP contribution in [0, 0.1) is 0 Å². The molecule has 2 aromatic rings. The Hall–Kier alpha value is -2.04. The Morgan fingerprint density at radius 3 is 2.26 bits per heavy atom. The SMILES string of the molecule is CCCCCCCc1ccc(-c2ccc(OCCCC(F)(F)F)cc2)nc1. The number of halogens is 3. The maximum absolute atomic E-state index is 12.1. The fourth-order valence-electron chi connectivity index (χ4n) is 2.86. The quantitative estimate of drug-likeness (QED) is 0.393. The number of benzene rings is 1. The van der Waals surface area contributed by atoms with Crippen molar-refractivity contribution in [2.75, 3.05) is 6.61 Å². The minimum absolute atomic E-state index is 0.0350. The zero-order valence-electron chi connectivity index (χ0n) is 15.9. The molecule has 5 heteroatoms. The molecule has 0 aliphatic rings. The van der Waals surface area contributed by atoms with Gasteiger partial charge in [-0.05, 0) is 55.2 Å². The van der Waals surface area contributed by atoms with Crippen LogP contribution in [-0.4, -0.2) is 17.8 Å². The topological polar surface area (TPSA) is 22.1 Å². The molecular formula is C22H28F3NO. The molecule has 0 unspecified atom stereocenters. The number of unbranched alkanes of at least 4 members (excludes halogenated alkanes) is 4. The molecule has 0 radical (unpaired) electrons. The molecule has 0 N–H and O–H groups in total. The van der Waals surface area contributed by atoms with Gasteiger partial charge in [-0.1, -0.05) is 38.7 Å². The zero-order valence-corrected chi connectivity index (χ0v) is 15.9. The summed E-state index contributed by atoms with van der Waals surface area (Å²) in [6.45, 7) is 2.28. The van der Waals surface area contributed by atoms with E-state index in [0.29, 0.717) is 5.75 Å². The molecule has 1 aromatic carbocycles. The van der Waals surface area contributed by atoms with Crippen molar-refractivity contribution in [3.05, 3.63) is 48.2 Å². The van der Waals surface area contributed by atoms with Gasteiger partial charge in [0, 0.05) is 18.2 Å². The third kappa shape index (κ3) is 8.46. The molecule has 2 nitrogen and oxygen atoms in total. The van der Waals surface area contributed by atoms with E-state index in [9.17, 15) is 13.2 Å². The number of pyridine rings is 1. The average Bonchev–Trinajstić information content (AvgIpc) is 2.65. The van der Waals surface area contributed by atoms with Crippen LogP contribution in [0.25, 0.3) is 11.3 Å². The Balaban J connectivity index is 1.78. The second kappa shape index (κ2) is 11.0. The van der Waals surface area contributed by atoms with Crippen LogP contribution in [0.15, 0.2) is 42.6 Å². The number of aromatic nitrogens is 1. The fourth-order valence-corrected chi connectivity index (χ4v) is 2.86. The number of rotatable bonds is 11. The summed E-state index contributed by atoms with van der Waals surface area (Å²) in [6.07, 6.45) is 4.33. The number of ether oxygens (including phenoxy) is 1. The molecule has 1 heterocycles. The van der Waals surface area contributed by atoms with Crippen LogP contribution in [-0.2, 0) is 6.42 Å². The Morgan fingerprint density at radius 2 is 1.63 bits per heavy atom. The summed E-state index contributed by atoms with van der Waals surface area (Å²) in [5, 5.41) is 0. The summed E-state index contributed by atoms with van der Waals surface area (Å²) in [5.74, 6) is 0.574. The number of aryl methyl sites for hydroxylation is 1. The molecule has 0 fully saturated rings. The summed E-state index contributed by atoms with van der Waals surface area (Å²) in [5.41, 5.74) is 3.10. The Labute approximate surface area is 159 Å². The smallest absolute Gasteiger partial charge is 0.389 e. The molecular weight excluding hydrogens is 351 g/mol. The highest BCUT2D eigenvalue weighted by atomic mass is 19.4. The van der Waals surface area contributed by atoms with Gasteiger partial charge in [0.2, 0.25) is 0 Å². The number of alkyl halides is 3. The van der Waals surface area contributed by atoms with E-state index in [1.165, 1.54) is 37.7 Å². The van der Waals surface area contributed by atoms with Crippen molar-refractivity contribution in [3.63, 3.8) is 0 Å². The molecule has 0 aliphatic carbocycles. The highest BCUT2D eigenvalue weighted by Gasteiger charge is 2.26. The molecule has 0 aliphatic heterocycles. The van der Waals surface area contributed by atoms with Crippen molar-refractivity contribution in [1.82, 2.24) is 4.98 Å². The van der Waals surface area contributed by atoms with Gasteiger partial charge in [0.1, 0.15) is 5.75 Å². The van der Waals surface area contributed by atoms with E-state index in [4.69, 9.17) is 4.74 Å². The second-order valence-electron chi connectivity index (χ2n) is 6.81. The normalized spacial score (nSPS) is 11.6. The maximum Gasteiger partial charge on any atom is 0.389 e. The maximum atomic E-state index is 12.1. The molecule has 0 spiro atoms. The lowest BCUT2D eigenvalue weighted by atomic mass is 10.1. The standard InChI is InChI=1S/C22H28F3NO/c1-2-3-4-5-6-8-18-9-14-21(26-17-18)19-10-12-20(13-11-19)27-16-7-15-22(23,24)25/h9-14,17H,2-8,15-16H2,1H3. The lowest BCUT2D eigenvalue weighted by Gasteiger charge is -2.09. The first-order valence-electron chi connectivity index (χ1n) is 9.73. The molecule has 0 saturated carbocycles.